The summed E-state index contributed by atoms with van der Waals surface area (Å²) >= 11 is 0. The highest BCUT2D eigenvalue weighted by molar-refractivity contribution is 5.87. The minimum absolute atomic E-state index is 0.184. The second kappa shape index (κ2) is 7.72. The fraction of sp³-hybridized carbons (Fsp3) is 0.235. The number of ether oxygens (including phenoxy) is 1. The summed E-state index contributed by atoms with van der Waals surface area (Å²) in [6.07, 6.45) is 5.97. The largest absolute Gasteiger partial charge is 0.463 e. The molecule has 0 aromatic carbocycles. The van der Waals surface area contributed by atoms with Crippen LogP contribution in [0.4, 0.5) is 13.2 Å². The Kier molecular flexibility index (Phi) is 5.68. The monoisotopic (exact) mass is 336 g/mol. The van der Waals surface area contributed by atoms with E-state index in [2.05, 4.69) is 9.98 Å². The second-order valence-corrected chi connectivity index (χ2v) is 4.80. The first kappa shape index (κ1) is 17.7. The van der Waals surface area contributed by atoms with Gasteiger partial charge in [-0.15, -0.1) is 0 Å². The number of aromatic nitrogens is 1. The predicted molar refractivity (Wildman–Crippen MR) is 84.4 cm³/mol. The molecule has 2 rings (SSSR count). The molecule has 1 aromatic rings. The third-order valence-corrected chi connectivity index (χ3v) is 3.12. The van der Waals surface area contributed by atoms with Gasteiger partial charge in [0, 0.05) is 24.4 Å². The van der Waals surface area contributed by atoms with Crippen molar-refractivity contribution in [3.05, 3.63) is 59.6 Å². The highest BCUT2D eigenvalue weighted by atomic mass is 19.4. The molecule has 0 fully saturated rings. The van der Waals surface area contributed by atoms with Crippen molar-refractivity contribution in [1.82, 2.24) is 4.98 Å². The molecule has 24 heavy (non-hydrogen) atoms. The Morgan fingerprint density at radius 3 is 2.83 bits per heavy atom. The number of hydrogen-bond acceptors (Lipinski definition) is 4. The molecule has 0 radical (unpaired) electrons. The SMILES string of the molecule is CCOC(=O)/C=C/c1ccc(C(F)(F)F)nc1C1C=CC=NC=C1. The normalized spacial score (nSPS) is 17.2. The predicted octanol–water partition coefficient (Wildman–Crippen LogP) is 3.91. The van der Waals surface area contributed by atoms with Crippen molar-refractivity contribution in [2.75, 3.05) is 6.61 Å². The maximum Gasteiger partial charge on any atom is 0.433 e. The number of allylic oxidation sites excluding steroid dienone is 3. The summed E-state index contributed by atoms with van der Waals surface area (Å²) in [6.45, 7) is 1.88. The molecule has 7 heteroatoms. The smallest absolute Gasteiger partial charge is 0.433 e. The Bertz CT molecular complexity index is 703. The number of nitrogens with zero attached hydrogens (tertiary/aromatic N) is 2. The molecule has 0 N–H and O–H groups in total. The number of hydrogen-bond donors (Lipinski definition) is 0. The summed E-state index contributed by atoms with van der Waals surface area (Å²) < 4.78 is 43.6. The average Bonchev–Trinajstić information content (AvgIpc) is 2.81. The molecule has 4 nitrogen and oxygen atoms in total. The molecular formula is C17H15F3N2O2. The summed E-state index contributed by atoms with van der Waals surface area (Å²) in [5, 5.41) is 0. The van der Waals surface area contributed by atoms with E-state index in [1.165, 1.54) is 24.6 Å². The highest BCUT2D eigenvalue weighted by Crippen LogP contribution is 2.31. The topological polar surface area (TPSA) is 51.5 Å². The maximum absolute atomic E-state index is 12.9. The van der Waals surface area contributed by atoms with Crippen LogP contribution in [-0.4, -0.2) is 23.8 Å². The first-order valence-electron chi connectivity index (χ1n) is 7.21. The first-order valence-corrected chi connectivity index (χ1v) is 7.21. The van der Waals surface area contributed by atoms with Crippen LogP contribution in [0.25, 0.3) is 6.08 Å². The molecule has 1 aliphatic heterocycles. The average molecular weight is 336 g/mol. The lowest BCUT2D eigenvalue weighted by molar-refractivity contribution is -0.141. The number of pyridine rings is 1. The number of carbonyl (C=O) groups excluding carboxylic acids is 1. The van der Waals surface area contributed by atoms with Crippen LogP contribution in [-0.2, 0) is 15.7 Å². The number of alkyl halides is 3. The van der Waals surface area contributed by atoms with E-state index in [1.54, 1.807) is 25.2 Å². The van der Waals surface area contributed by atoms with Gasteiger partial charge in [0.25, 0.3) is 0 Å². The van der Waals surface area contributed by atoms with E-state index < -0.39 is 23.8 Å². The number of rotatable bonds is 4. The Labute approximate surface area is 137 Å². The van der Waals surface area contributed by atoms with Crippen molar-refractivity contribution in [3.63, 3.8) is 0 Å². The zero-order chi connectivity index (χ0) is 17.6. The Morgan fingerprint density at radius 1 is 1.33 bits per heavy atom. The lowest BCUT2D eigenvalue weighted by atomic mass is 9.98. The van der Waals surface area contributed by atoms with Crippen molar-refractivity contribution < 1.29 is 22.7 Å². The molecule has 1 aliphatic rings. The number of esters is 1. The molecular weight excluding hydrogens is 321 g/mol. The molecule has 0 spiro atoms. The van der Waals surface area contributed by atoms with Crippen molar-refractivity contribution in [1.29, 1.82) is 0 Å². The van der Waals surface area contributed by atoms with Crippen LogP contribution in [0.3, 0.4) is 0 Å². The molecule has 0 saturated carbocycles. The molecule has 0 bridgehead atoms. The van der Waals surface area contributed by atoms with Gasteiger partial charge in [0.05, 0.1) is 12.3 Å². The van der Waals surface area contributed by atoms with E-state index in [1.807, 2.05) is 0 Å². The van der Waals surface area contributed by atoms with Gasteiger partial charge in [-0.1, -0.05) is 18.2 Å². The lowest BCUT2D eigenvalue weighted by Crippen LogP contribution is -2.11. The fourth-order valence-electron chi connectivity index (χ4n) is 2.06. The minimum Gasteiger partial charge on any atom is -0.463 e. The Balaban J connectivity index is 2.44. The van der Waals surface area contributed by atoms with E-state index >= 15 is 0 Å². The molecule has 1 unspecified atom stereocenters. The van der Waals surface area contributed by atoms with E-state index in [-0.39, 0.29) is 12.3 Å². The van der Waals surface area contributed by atoms with Crippen LogP contribution >= 0.6 is 0 Å². The zero-order valence-electron chi connectivity index (χ0n) is 12.8. The van der Waals surface area contributed by atoms with Gasteiger partial charge in [0.1, 0.15) is 5.69 Å². The van der Waals surface area contributed by atoms with Crippen LogP contribution in [0.15, 0.2) is 47.6 Å². The molecule has 2 heterocycles. The van der Waals surface area contributed by atoms with Gasteiger partial charge < -0.3 is 4.74 Å². The fourth-order valence-corrected chi connectivity index (χ4v) is 2.06. The standard InChI is InChI=1S/C17H15F3N2O2/c1-2-24-15(23)8-6-13-5-7-14(17(18,19)20)22-16(13)12-4-3-10-21-11-9-12/h3-12H,2H2,1H3/b8-6+. The van der Waals surface area contributed by atoms with E-state index in [9.17, 15) is 18.0 Å². The third kappa shape index (κ3) is 4.65. The zero-order valence-corrected chi connectivity index (χ0v) is 12.8. The molecule has 1 atom stereocenters. The van der Waals surface area contributed by atoms with Crippen molar-refractivity contribution in [3.8, 4) is 0 Å². The summed E-state index contributed by atoms with van der Waals surface area (Å²) in [5.41, 5.74) is -0.404. The van der Waals surface area contributed by atoms with E-state index in [0.717, 1.165) is 12.1 Å². The molecule has 0 saturated heterocycles. The Hall–Kier alpha value is -2.70. The van der Waals surface area contributed by atoms with Crippen molar-refractivity contribution >= 4 is 18.3 Å². The van der Waals surface area contributed by atoms with Gasteiger partial charge in [-0.2, -0.15) is 13.2 Å². The highest BCUT2D eigenvalue weighted by Gasteiger charge is 2.33. The molecule has 0 aliphatic carbocycles. The van der Waals surface area contributed by atoms with Gasteiger partial charge in [-0.05, 0) is 30.7 Å². The molecule has 1 aromatic heterocycles. The maximum atomic E-state index is 12.9. The lowest BCUT2D eigenvalue weighted by Gasteiger charge is -2.14. The van der Waals surface area contributed by atoms with Crippen LogP contribution in [0.2, 0.25) is 0 Å². The van der Waals surface area contributed by atoms with Crippen LogP contribution in [0.5, 0.6) is 0 Å². The summed E-state index contributed by atoms with van der Waals surface area (Å²) in [6, 6.07) is 2.17. The van der Waals surface area contributed by atoms with Gasteiger partial charge in [-0.25, -0.2) is 9.78 Å². The second-order valence-electron chi connectivity index (χ2n) is 4.80. The van der Waals surface area contributed by atoms with Gasteiger partial charge in [0.15, 0.2) is 0 Å². The van der Waals surface area contributed by atoms with Crippen molar-refractivity contribution in [2.24, 2.45) is 4.99 Å². The Morgan fingerprint density at radius 2 is 2.12 bits per heavy atom. The van der Waals surface area contributed by atoms with Gasteiger partial charge in [0.2, 0.25) is 0 Å². The summed E-state index contributed by atoms with van der Waals surface area (Å²) in [4.78, 5) is 19.1. The van der Waals surface area contributed by atoms with Gasteiger partial charge >= 0.3 is 12.1 Å². The quantitative estimate of drug-likeness (QED) is 0.619. The summed E-state index contributed by atoms with van der Waals surface area (Å²) in [7, 11) is 0. The third-order valence-electron chi connectivity index (χ3n) is 3.12. The number of aliphatic imine (C=N–C) groups is 1. The molecule has 126 valence electrons. The number of halogens is 3. The van der Waals surface area contributed by atoms with Gasteiger partial charge in [-0.3, -0.25) is 4.99 Å². The first-order chi connectivity index (χ1) is 11.4. The van der Waals surface area contributed by atoms with Crippen LogP contribution < -0.4 is 0 Å². The van der Waals surface area contributed by atoms with Crippen LogP contribution in [0.1, 0.15) is 29.8 Å². The minimum atomic E-state index is -4.55. The summed E-state index contributed by atoms with van der Waals surface area (Å²) in [5.74, 6) is -1.06. The van der Waals surface area contributed by atoms with Crippen molar-refractivity contribution in [2.45, 2.75) is 19.0 Å². The molecule has 0 amide bonds. The van der Waals surface area contributed by atoms with E-state index in [4.69, 9.17) is 4.74 Å². The number of carbonyl (C=O) groups is 1. The van der Waals surface area contributed by atoms with E-state index in [0.29, 0.717) is 5.56 Å². The van der Waals surface area contributed by atoms with Crippen LogP contribution in [0, 0.1) is 0 Å².